The minimum Gasteiger partial charge on any atom is -0.469 e. The quantitative estimate of drug-likeness (QED) is 0.835. The van der Waals surface area contributed by atoms with Crippen molar-refractivity contribution in [3.05, 3.63) is 5.01 Å². The van der Waals surface area contributed by atoms with Crippen molar-refractivity contribution in [3.63, 3.8) is 0 Å². The molecule has 0 bridgehead atoms. The molecular weight excluding hydrogens is 262 g/mol. The van der Waals surface area contributed by atoms with E-state index in [-0.39, 0.29) is 11.1 Å². The summed E-state index contributed by atoms with van der Waals surface area (Å²) in [6, 6.07) is 0. The van der Waals surface area contributed by atoms with E-state index in [0.717, 1.165) is 11.4 Å². The van der Waals surface area contributed by atoms with Crippen molar-refractivity contribution < 1.29 is 9.47 Å². The third-order valence-electron chi connectivity index (χ3n) is 2.70. The van der Waals surface area contributed by atoms with Crippen molar-refractivity contribution in [2.75, 3.05) is 13.7 Å². The number of methoxy groups -OCH3 is 1. The van der Waals surface area contributed by atoms with Gasteiger partial charge in [0, 0.05) is 19.1 Å². The van der Waals surface area contributed by atoms with Gasteiger partial charge in [0.05, 0.1) is 18.8 Å². The molecule has 0 aliphatic heterocycles. The number of nitrogens with zero attached hydrogens (tertiary/aromatic N) is 2. The van der Waals surface area contributed by atoms with Gasteiger partial charge in [0.2, 0.25) is 0 Å². The molecule has 1 N–H and O–H groups in total. The molecule has 0 atom stereocenters. The van der Waals surface area contributed by atoms with Gasteiger partial charge in [-0.3, -0.25) is 0 Å². The molecule has 6 heteroatoms. The van der Waals surface area contributed by atoms with Gasteiger partial charge in [0.15, 0.2) is 0 Å². The number of rotatable bonds is 7. The average Bonchev–Trinajstić information content (AvgIpc) is 2.73. The fraction of sp³-hybridized carbons (Fsp3) is 0.846. The first kappa shape index (κ1) is 16.3. The molecule has 5 nitrogen and oxygen atoms in total. The van der Waals surface area contributed by atoms with Crippen LogP contribution in [0.15, 0.2) is 0 Å². The number of aromatic nitrogens is 2. The minimum absolute atomic E-state index is 0.0786. The summed E-state index contributed by atoms with van der Waals surface area (Å²) >= 11 is 1.48. The third-order valence-corrected chi connectivity index (χ3v) is 3.54. The molecule has 0 radical (unpaired) electrons. The second-order valence-electron chi connectivity index (χ2n) is 6.13. The van der Waals surface area contributed by atoms with E-state index in [1.165, 1.54) is 11.3 Å². The Morgan fingerprint density at radius 1 is 1.16 bits per heavy atom. The van der Waals surface area contributed by atoms with E-state index >= 15 is 0 Å². The number of ether oxygens (including phenoxy) is 2. The zero-order valence-corrected chi connectivity index (χ0v) is 13.6. The van der Waals surface area contributed by atoms with Crippen LogP contribution in [0.4, 0.5) is 0 Å². The third kappa shape index (κ3) is 6.84. The van der Waals surface area contributed by atoms with E-state index in [1.54, 1.807) is 7.11 Å². The molecule has 1 heterocycles. The van der Waals surface area contributed by atoms with Crippen LogP contribution in [0, 0.1) is 0 Å². The average molecular weight is 287 g/mol. The lowest BCUT2D eigenvalue weighted by Gasteiger charge is -2.22. The van der Waals surface area contributed by atoms with Gasteiger partial charge < -0.3 is 14.8 Å². The molecule has 0 saturated carbocycles. The Balaban J connectivity index is 2.35. The summed E-state index contributed by atoms with van der Waals surface area (Å²) in [5.41, 5.74) is -0.0868. The minimum atomic E-state index is -0.165. The normalized spacial score (nSPS) is 12.7. The zero-order chi connectivity index (χ0) is 14.5. The van der Waals surface area contributed by atoms with Crippen LogP contribution in [0.25, 0.3) is 0 Å². The van der Waals surface area contributed by atoms with Crippen LogP contribution < -0.4 is 10.1 Å². The number of nitrogens with one attached hydrogen (secondary N) is 1. The van der Waals surface area contributed by atoms with Crippen molar-refractivity contribution in [3.8, 4) is 5.19 Å². The molecule has 0 fully saturated rings. The van der Waals surface area contributed by atoms with E-state index in [4.69, 9.17) is 9.47 Å². The highest BCUT2D eigenvalue weighted by Crippen LogP contribution is 2.20. The summed E-state index contributed by atoms with van der Waals surface area (Å²) in [7, 11) is 1.71. The maximum absolute atomic E-state index is 5.59. The Morgan fingerprint density at radius 2 is 1.84 bits per heavy atom. The summed E-state index contributed by atoms with van der Waals surface area (Å²) < 4.78 is 10.9. The van der Waals surface area contributed by atoms with E-state index < -0.39 is 0 Å². The van der Waals surface area contributed by atoms with Gasteiger partial charge in [-0.2, -0.15) is 0 Å². The van der Waals surface area contributed by atoms with Crippen LogP contribution in [0.2, 0.25) is 0 Å². The van der Waals surface area contributed by atoms with Gasteiger partial charge >= 0.3 is 0 Å². The lowest BCUT2D eigenvalue weighted by atomic mass is 10.1. The molecule has 0 unspecified atom stereocenters. The smallest absolute Gasteiger partial charge is 0.294 e. The molecule has 0 amide bonds. The van der Waals surface area contributed by atoms with Crippen LogP contribution in [-0.2, 0) is 11.3 Å². The first-order valence-electron chi connectivity index (χ1n) is 6.47. The molecule has 1 rings (SSSR count). The first-order valence-corrected chi connectivity index (χ1v) is 7.29. The predicted octanol–water partition coefficient (Wildman–Crippen LogP) is 2.62. The summed E-state index contributed by atoms with van der Waals surface area (Å²) in [5, 5.41) is 13.1. The molecule has 19 heavy (non-hydrogen) atoms. The molecule has 1 aromatic heterocycles. The topological polar surface area (TPSA) is 56.3 Å². The molecule has 0 aromatic carbocycles. The Labute approximate surface area is 119 Å². The van der Waals surface area contributed by atoms with Crippen LogP contribution in [0.3, 0.4) is 0 Å². The highest BCUT2D eigenvalue weighted by Gasteiger charge is 2.17. The predicted molar refractivity (Wildman–Crippen MR) is 77.7 cm³/mol. The second-order valence-corrected chi connectivity index (χ2v) is 7.15. The molecule has 1 aromatic rings. The van der Waals surface area contributed by atoms with Gasteiger partial charge in [0.25, 0.3) is 5.19 Å². The van der Waals surface area contributed by atoms with Crippen molar-refractivity contribution in [1.82, 2.24) is 15.5 Å². The highest BCUT2D eigenvalue weighted by atomic mass is 32.1. The van der Waals surface area contributed by atoms with Crippen molar-refractivity contribution >= 4 is 11.3 Å². The molecule has 0 spiro atoms. The molecule has 0 saturated heterocycles. The van der Waals surface area contributed by atoms with Gasteiger partial charge in [-0.1, -0.05) is 11.3 Å². The Morgan fingerprint density at radius 3 is 2.42 bits per heavy atom. The van der Waals surface area contributed by atoms with Crippen LogP contribution >= 0.6 is 11.3 Å². The SMILES string of the molecule is COC(C)(C)CCOc1nnc(CNC(C)(C)C)s1. The maximum atomic E-state index is 5.59. The Kier molecular flexibility index (Phi) is 5.70. The van der Waals surface area contributed by atoms with Gasteiger partial charge in [-0.25, -0.2) is 0 Å². The molecular formula is C13H25N3O2S. The van der Waals surface area contributed by atoms with Gasteiger partial charge in [0.1, 0.15) is 5.01 Å². The maximum Gasteiger partial charge on any atom is 0.294 e. The first-order chi connectivity index (χ1) is 8.72. The van der Waals surface area contributed by atoms with Crippen LogP contribution in [0.5, 0.6) is 5.19 Å². The van der Waals surface area contributed by atoms with Gasteiger partial charge in [-0.05, 0) is 34.6 Å². The Bertz CT molecular complexity index is 385. The molecule has 0 aliphatic rings. The van der Waals surface area contributed by atoms with Crippen molar-refractivity contribution in [2.24, 2.45) is 0 Å². The largest absolute Gasteiger partial charge is 0.469 e. The van der Waals surface area contributed by atoms with E-state index in [0.29, 0.717) is 18.3 Å². The van der Waals surface area contributed by atoms with Crippen molar-refractivity contribution in [1.29, 1.82) is 0 Å². The summed E-state index contributed by atoms with van der Waals surface area (Å²) in [4.78, 5) is 0. The van der Waals surface area contributed by atoms with Crippen molar-refractivity contribution in [2.45, 2.75) is 58.7 Å². The summed E-state index contributed by atoms with van der Waals surface area (Å²) in [6.45, 7) is 11.7. The highest BCUT2D eigenvalue weighted by molar-refractivity contribution is 7.13. The summed E-state index contributed by atoms with van der Waals surface area (Å²) in [6.07, 6.45) is 0.818. The molecule has 110 valence electrons. The zero-order valence-electron chi connectivity index (χ0n) is 12.7. The molecule has 0 aliphatic carbocycles. The van der Waals surface area contributed by atoms with E-state index in [2.05, 4.69) is 36.3 Å². The Hall–Kier alpha value is -0.720. The van der Waals surface area contributed by atoms with Gasteiger partial charge in [-0.15, -0.1) is 10.2 Å². The number of hydrogen-bond acceptors (Lipinski definition) is 6. The fourth-order valence-corrected chi connectivity index (χ4v) is 1.85. The fourth-order valence-electron chi connectivity index (χ4n) is 1.19. The lowest BCUT2D eigenvalue weighted by Crippen LogP contribution is -2.35. The lowest BCUT2D eigenvalue weighted by molar-refractivity contribution is 0.00538. The summed E-state index contributed by atoms with van der Waals surface area (Å²) in [5.74, 6) is 0. The van der Waals surface area contributed by atoms with E-state index in [1.807, 2.05) is 13.8 Å². The van der Waals surface area contributed by atoms with Crippen LogP contribution in [-0.4, -0.2) is 35.1 Å². The monoisotopic (exact) mass is 287 g/mol. The second kappa shape index (κ2) is 6.63. The van der Waals surface area contributed by atoms with Crippen LogP contribution in [0.1, 0.15) is 46.0 Å². The number of hydrogen-bond donors (Lipinski definition) is 1. The standard InChI is InChI=1S/C13H25N3O2S/c1-12(2,3)14-9-10-15-16-11(19-10)18-8-7-13(4,5)17-6/h14H,7-9H2,1-6H3. The van der Waals surface area contributed by atoms with E-state index in [9.17, 15) is 0 Å².